The molecule has 2 bridgehead atoms. The summed E-state index contributed by atoms with van der Waals surface area (Å²) in [6, 6.07) is 0. The summed E-state index contributed by atoms with van der Waals surface area (Å²) in [6.07, 6.45) is 3.41. The summed E-state index contributed by atoms with van der Waals surface area (Å²) in [4.78, 5) is 11.2. The maximum Gasteiger partial charge on any atom is 0.331 e. The zero-order chi connectivity index (χ0) is 15.1. The minimum atomic E-state index is -1.23. The smallest absolute Gasteiger partial charge is 0.331 e. The van der Waals surface area contributed by atoms with Crippen LogP contribution in [0.4, 0.5) is 0 Å². The molecule has 0 aromatic carbocycles. The van der Waals surface area contributed by atoms with Gasteiger partial charge in [-0.15, -0.1) is 0 Å². The topological polar surface area (TPSA) is 52.6 Å². The zero-order valence-corrected chi connectivity index (χ0v) is 13.7. The van der Waals surface area contributed by atoms with Crippen molar-refractivity contribution < 1.29 is 18.5 Å². The minimum absolute atomic E-state index is 0.0284. The van der Waals surface area contributed by atoms with Crippen LogP contribution in [0.2, 0.25) is 0 Å². The zero-order valence-electron chi connectivity index (χ0n) is 12.8. The lowest BCUT2D eigenvalue weighted by Crippen LogP contribution is -2.42. The first kappa shape index (κ1) is 15.7. The molecule has 2 unspecified atom stereocenters. The molecule has 5 atom stereocenters. The van der Waals surface area contributed by atoms with Gasteiger partial charge in [0, 0.05) is 24.0 Å². The highest BCUT2D eigenvalue weighted by Crippen LogP contribution is 2.67. The predicted molar refractivity (Wildman–Crippen MR) is 78.5 cm³/mol. The fourth-order valence-electron chi connectivity index (χ4n) is 4.18. The lowest BCUT2D eigenvalue weighted by atomic mass is 9.70. The highest BCUT2D eigenvalue weighted by Gasteiger charge is 2.67. The summed E-state index contributed by atoms with van der Waals surface area (Å²) in [5.41, 5.74) is 0.152. The second-order valence-corrected chi connectivity index (χ2v) is 8.03. The van der Waals surface area contributed by atoms with Gasteiger partial charge in [0.15, 0.2) is 0 Å². The van der Waals surface area contributed by atoms with Crippen LogP contribution in [0.25, 0.3) is 0 Å². The minimum Gasteiger partial charge on any atom is -0.466 e. The van der Waals surface area contributed by atoms with Gasteiger partial charge in [0.1, 0.15) is 0 Å². The van der Waals surface area contributed by atoms with E-state index >= 15 is 0 Å². The lowest BCUT2D eigenvalue weighted by molar-refractivity contribution is -0.134. The van der Waals surface area contributed by atoms with E-state index in [1.807, 2.05) is 0 Å². The highest BCUT2D eigenvalue weighted by molar-refractivity contribution is 7.88. The third kappa shape index (κ3) is 2.06. The molecule has 0 aliphatic heterocycles. The van der Waals surface area contributed by atoms with Crippen molar-refractivity contribution in [2.75, 3.05) is 14.2 Å². The van der Waals surface area contributed by atoms with Gasteiger partial charge in [-0.1, -0.05) is 20.8 Å². The Balaban J connectivity index is 2.27. The van der Waals surface area contributed by atoms with Gasteiger partial charge in [-0.05, 0) is 24.2 Å². The molecule has 2 saturated carbocycles. The molecular weight excluding hydrogens is 276 g/mol. The summed E-state index contributed by atoms with van der Waals surface area (Å²) in [7, 11) is 1.78. The largest absolute Gasteiger partial charge is 0.466 e. The van der Waals surface area contributed by atoms with Gasteiger partial charge in [0.05, 0.1) is 29.3 Å². The number of rotatable bonds is 4. The van der Waals surface area contributed by atoms with E-state index in [4.69, 9.17) is 4.74 Å². The molecule has 114 valence electrons. The Morgan fingerprint density at radius 1 is 1.30 bits per heavy atom. The van der Waals surface area contributed by atoms with E-state index in [1.165, 1.54) is 18.6 Å². The van der Waals surface area contributed by atoms with Crippen molar-refractivity contribution >= 4 is 16.8 Å². The van der Waals surface area contributed by atoms with Crippen molar-refractivity contribution in [1.82, 2.24) is 0 Å². The number of methoxy groups -OCH3 is 2. The Kier molecular flexibility index (Phi) is 4.13. The maximum absolute atomic E-state index is 12.6. The van der Waals surface area contributed by atoms with Crippen molar-refractivity contribution in [1.29, 1.82) is 0 Å². The van der Waals surface area contributed by atoms with Gasteiger partial charge in [-0.25, -0.2) is 4.79 Å². The number of hydrogen-bond acceptors (Lipinski definition) is 4. The van der Waals surface area contributed by atoms with Gasteiger partial charge in [-0.3, -0.25) is 4.21 Å². The summed E-state index contributed by atoms with van der Waals surface area (Å²) >= 11 is 0. The molecule has 0 saturated heterocycles. The van der Waals surface area contributed by atoms with E-state index in [0.717, 1.165) is 12.8 Å². The third-order valence-corrected chi connectivity index (χ3v) is 7.27. The molecule has 20 heavy (non-hydrogen) atoms. The monoisotopic (exact) mass is 300 g/mol. The van der Waals surface area contributed by atoms with Crippen molar-refractivity contribution in [3.63, 3.8) is 0 Å². The first-order valence-electron chi connectivity index (χ1n) is 6.98. The van der Waals surface area contributed by atoms with E-state index in [9.17, 15) is 9.00 Å². The average Bonchev–Trinajstić information content (AvgIpc) is 2.74. The van der Waals surface area contributed by atoms with Gasteiger partial charge >= 0.3 is 5.97 Å². The van der Waals surface area contributed by atoms with Gasteiger partial charge < -0.3 is 9.47 Å². The molecule has 5 heteroatoms. The quantitative estimate of drug-likeness (QED) is 0.590. The standard InChI is InChI=1S/C15H24O4S/c1-14(2)10-6-8-15(14,3)13(19-5)12(10)20(17)9-7-11(16)18-4/h7,9-10,12-13H,6,8H2,1-5H3/b9-7+/t10?,12-,13-,15+,20?/m1/s1. The fraction of sp³-hybridized carbons (Fsp3) is 0.800. The average molecular weight is 300 g/mol. The lowest BCUT2D eigenvalue weighted by Gasteiger charge is -2.38. The van der Waals surface area contributed by atoms with Crippen LogP contribution in [0.1, 0.15) is 33.6 Å². The SMILES string of the molecule is COC(=O)/C=C/S(=O)[C@@H]1C2CC[C@@](C)([C@@H]1OC)C2(C)C. The number of ether oxygens (including phenoxy) is 2. The predicted octanol–water partition coefficient (Wildman–Crippen LogP) is 2.26. The molecular formula is C15H24O4S. The summed E-state index contributed by atoms with van der Waals surface area (Å²) in [6.45, 7) is 6.73. The molecule has 2 rings (SSSR count). The van der Waals surface area contributed by atoms with Crippen LogP contribution < -0.4 is 0 Å². The van der Waals surface area contributed by atoms with Crippen LogP contribution in [0.15, 0.2) is 11.5 Å². The molecule has 2 aliphatic rings. The molecule has 2 fully saturated rings. The molecule has 0 aromatic heterocycles. The maximum atomic E-state index is 12.6. The summed E-state index contributed by atoms with van der Waals surface area (Å²) in [5, 5.41) is 1.41. The normalized spacial score (nSPS) is 40.1. The number of hydrogen-bond donors (Lipinski definition) is 0. The van der Waals surface area contributed by atoms with E-state index in [0.29, 0.717) is 5.92 Å². The number of carbonyl (C=O) groups excluding carboxylic acids is 1. The third-order valence-electron chi connectivity index (χ3n) is 5.76. The molecule has 0 aromatic rings. The Hall–Kier alpha value is -0.680. The van der Waals surface area contributed by atoms with Crippen LogP contribution in [-0.2, 0) is 25.1 Å². The fourth-order valence-corrected chi connectivity index (χ4v) is 6.06. The Bertz CT molecular complexity index is 457. The van der Waals surface area contributed by atoms with E-state index in [-0.39, 0.29) is 22.2 Å². The molecule has 0 N–H and O–H groups in total. The molecule has 2 aliphatic carbocycles. The number of carbonyl (C=O) groups is 1. The molecule has 0 spiro atoms. The molecule has 4 nitrogen and oxygen atoms in total. The summed E-state index contributed by atoms with van der Waals surface area (Å²) < 4.78 is 22.8. The van der Waals surface area contributed by atoms with Crippen LogP contribution in [0, 0.1) is 16.7 Å². The van der Waals surface area contributed by atoms with E-state index in [2.05, 4.69) is 25.5 Å². The van der Waals surface area contributed by atoms with E-state index in [1.54, 1.807) is 7.11 Å². The van der Waals surface area contributed by atoms with Gasteiger partial charge in [0.25, 0.3) is 0 Å². The van der Waals surface area contributed by atoms with Crippen molar-refractivity contribution in [2.24, 2.45) is 16.7 Å². The van der Waals surface area contributed by atoms with Crippen molar-refractivity contribution in [3.05, 3.63) is 11.5 Å². The van der Waals surface area contributed by atoms with Crippen LogP contribution in [-0.4, -0.2) is 35.8 Å². The second kappa shape index (κ2) is 5.26. The first-order chi connectivity index (χ1) is 9.29. The Labute approximate surface area is 123 Å². The Morgan fingerprint density at radius 2 is 1.95 bits per heavy atom. The van der Waals surface area contributed by atoms with Crippen LogP contribution >= 0.6 is 0 Å². The van der Waals surface area contributed by atoms with E-state index < -0.39 is 16.8 Å². The van der Waals surface area contributed by atoms with Crippen LogP contribution in [0.5, 0.6) is 0 Å². The van der Waals surface area contributed by atoms with Gasteiger partial charge in [0.2, 0.25) is 0 Å². The number of fused-ring (bicyclic) bond motifs is 2. The van der Waals surface area contributed by atoms with Gasteiger partial charge in [-0.2, -0.15) is 0 Å². The molecule has 0 heterocycles. The first-order valence-corrected chi connectivity index (χ1v) is 8.25. The highest BCUT2D eigenvalue weighted by atomic mass is 32.2. The molecule has 0 amide bonds. The molecule has 0 radical (unpaired) electrons. The van der Waals surface area contributed by atoms with Crippen molar-refractivity contribution in [3.8, 4) is 0 Å². The summed E-state index contributed by atoms with van der Waals surface area (Å²) in [5.74, 6) is -0.110. The number of esters is 1. The van der Waals surface area contributed by atoms with Crippen molar-refractivity contribution in [2.45, 2.75) is 45.0 Å². The second-order valence-electron chi connectivity index (χ2n) is 6.56. The van der Waals surface area contributed by atoms with Crippen LogP contribution in [0.3, 0.4) is 0 Å². The Morgan fingerprint density at radius 3 is 2.50 bits per heavy atom.